The summed E-state index contributed by atoms with van der Waals surface area (Å²) in [6, 6.07) is 0. The number of carbonyl (C=O) groups excluding carboxylic acids is 1. The molecule has 0 amide bonds. The van der Waals surface area contributed by atoms with Crippen molar-refractivity contribution in [3.63, 3.8) is 0 Å². The van der Waals surface area contributed by atoms with Crippen LogP contribution in [0.3, 0.4) is 0 Å². The average Bonchev–Trinajstić information content (AvgIpc) is 3.13. The fourth-order valence-corrected chi connectivity index (χ4v) is 3.68. The lowest BCUT2D eigenvalue weighted by atomic mass is 9.86. The predicted molar refractivity (Wildman–Crippen MR) is 99.7 cm³/mol. The van der Waals surface area contributed by atoms with Crippen LogP contribution in [-0.4, -0.2) is 50.6 Å². The largest absolute Gasteiger partial charge is 0.469 e. The van der Waals surface area contributed by atoms with Crippen molar-refractivity contribution in [1.82, 2.24) is 10.2 Å². The molecule has 0 bridgehead atoms. The first-order chi connectivity index (χ1) is 10.2. The molecule has 0 radical (unpaired) electrons. The molecule has 1 N–H and O–H groups in total. The van der Waals surface area contributed by atoms with Crippen LogP contribution in [0.4, 0.5) is 0 Å². The van der Waals surface area contributed by atoms with Crippen LogP contribution in [0.2, 0.25) is 0 Å². The van der Waals surface area contributed by atoms with E-state index in [1.54, 1.807) is 0 Å². The minimum Gasteiger partial charge on any atom is -0.469 e. The molecule has 0 aromatic rings. The number of likely N-dealkylation sites (tertiary alicyclic amines) is 1. The molecule has 1 aliphatic carbocycles. The third kappa shape index (κ3) is 5.28. The van der Waals surface area contributed by atoms with Crippen molar-refractivity contribution < 1.29 is 9.53 Å². The van der Waals surface area contributed by atoms with E-state index in [1.165, 1.54) is 39.2 Å². The molecule has 0 atom stereocenters. The minimum absolute atomic E-state index is 0. The second-order valence-electron chi connectivity index (χ2n) is 6.39. The fourth-order valence-electron chi connectivity index (χ4n) is 3.68. The van der Waals surface area contributed by atoms with E-state index in [2.05, 4.69) is 19.9 Å². The number of nitrogens with one attached hydrogen (secondary N) is 1. The molecular weight excluding hydrogens is 393 g/mol. The molecule has 1 heterocycles. The lowest BCUT2D eigenvalue weighted by molar-refractivity contribution is -0.140. The van der Waals surface area contributed by atoms with Crippen LogP contribution < -0.4 is 5.32 Å². The first-order valence-electron chi connectivity index (χ1n) is 8.21. The van der Waals surface area contributed by atoms with Crippen LogP contribution in [0.15, 0.2) is 4.99 Å². The Hall–Kier alpha value is -0.530. The lowest BCUT2D eigenvalue weighted by Gasteiger charge is -2.25. The number of guanidine groups is 1. The highest BCUT2D eigenvalue weighted by Gasteiger charge is 2.40. The molecule has 5 nitrogen and oxygen atoms in total. The number of ether oxygens (including phenoxy) is 1. The highest BCUT2D eigenvalue weighted by atomic mass is 127. The summed E-state index contributed by atoms with van der Waals surface area (Å²) in [5.41, 5.74) is 0.572. The van der Waals surface area contributed by atoms with Gasteiger partial charge in [-0.05, 0) is 37.5 Å². The minimum atomic E-state index is -0.123. The monoisotopic (exact) mass is 423 g/mol. The van der Waals surface area contributed by atoms with Gasteiger partial charge in [-0.15, -0.1) is 24.0 Å². The van der Waals surface area contributed by atoms with E-state index >= 15 is 0 Å². The summed E-state index contributed by atoms with van der Waals surface area (Å²) in [5, 5.41) is 3.43. The smallest absolute Gasteiger partial charge is 0.305 e. The highest BCUT2D eigenvalue weighted by Crippen LogP contribution is 2.45. The van der Waals surface area contributed by atoms with Gasteiger partial charge in [-0.3, -0.25) is 9.79 Å². The molecule has 1 spiro atoms. The van der Waals surface area contributed by atoms with E-state index in [0.29, 0.717) is 11.8 Å². The predicted octanol–water partition coefficient (Wildman–Crippen LogP) is 2.79. The fraction of sp³-hybridized carbons (Fsp3) is 0.875. The maximum absolute atomic E-state index is 11.0. The topological polar surface area (TPSA) is 53.9 Å². The summed E-state index contributed by atoms with van der Waals surface area (Å²) in [5.74, 6) is 0.902. The van der Waals surface area contributed by atoms with Crippen molar-refractivity contribution in [2.75, 3.05) is 33.8 Å². The Morgan fingerprint density at radius 1 is 1.27 bits per heavy atom. The van der Waals surface area contributed by atoms with Gasteiger partial charge in [-0.2, -0.15) is 0 Å². The maximum atomic E-state index is 11.0. The van der Waals surface area contributed by atoms with Crippen molar-refractivity contribution in [3.8, 4) is 0 Å². The number of carbonyl (C=O) groups is 1. The summed E-state index contributed by atoms with van der Waals surface area (Å²) < 4.78 is 4.64. The van der Waals surface area contributed by atoms with E-state index in [9.17, 15) is 4.79 Å². The average molecular weight is 423 g/mol. The lowest BCUT2D eigenvalue weighted by Crippen LogP contribution is -2.41. The number of hydrogen-bond donors (Lipinski definition) is 1. The molecule has 1 saturated carbocycles. The van der Waals surface area contributed by atoms with Gasteiger partial charge in [0.2, 0.25) is 0 Å². The van der Waals surface area contributed by atoms with Crippen LogP contribution in [0.1, 0.15) is 51.4 Å². The Morgan fingerprint density at radius 3 is 2.64 bits per heavy atom. The van der Waals surface area contributed by atoms with Crippen LogP contribution in [0, 0.1) is 5.41 Å². The molecule has 22 heavy (non-hydrogen) atoms. The van der Waals surface area contributed by atoms with Gasteiger partial charge < -0.3 is 15.0 Å². The zero-order chi connectivity index (χ0) is 15.1. The molecule has 0 aromatic heterocycles. The van der Waals surface area contributed by atoms with Gasteiger partial charge in [0, 0.05) is 33.1 Å². The van der Waals surface area contributed by atoms with Gasteiger partial charge in [-0.1, -0.05) is 12.8 Å². The van der Waals surface area contributed by atoms with Gasteiger partial charge >= 0.3 is 5.97 Å². The van der Waals surface area contributed by atoms with Gasteiger partial charge in [0.1, 0.15) is 0 Å². The number of hydrogen-bond acceptors (Lipinski definition) is 3. The summed E-state index contributed by atoms with van der Waals surface area (Å²) in [7, 11) is 3.30. The molecule has 1 saturated heterocycles. The molecule has 2 rings (SSSR count). The van der Waals surface area contributed by atoms with Crippen LogP contribution in [0.5, 0.6) is 0 Å². The quantitative estimate of drug-likeness (QED) is 0.243. The zero-order valence-electron chi connectivity index (χ0n) is 13.9. The van der Waals surface area contributed by atoms with Gasteiger partial charge in [0.25, 0.3) is 0 Å². The molecule has 128 valence electrons. The summed E-state index contributed by atoms with van der Waals surface area (Å²) in [4.78, 5) is 17.9. The number of unbranched alkanes of at least 4 members (excludes halogenated alkanes) is 1. The van der Waals surface area contributed by atoms with E-state index in [0.717, 1.165) is 38.4 Å². The van der Waals surface area contributed by atoms with Gasteiger partial charge in [0.05, 0.1) is 7.11 Å². The van der Waals surface area contributed by atoms with Crippen molar-refractivity contribution >= 4 is 35.9 Å². The third-order valence-electron chi connectivity index (χ3n) is 4.93. The zero-order valence-corrected chi connectivity index (χ0v) is 16.2. The Balaban J connectivity index is 0.00000242. The maximum Gasteiger partial charge on any atom is 0.305 e. The van der Waals surface area contributed by atoms with E-state index < -0.39 is 0 Å². The molecular formula is C16H30IN3O2. The molecule has 6 heteroatoms. The van der Waals surface area contributed by atoms with Crippen molar-refractivity contribution in [2.45, 2.75) is 51.4 Å². The second-order valence-corrected chi connectivity index (χ2v) is 6.39. The first kappa shape index (κ1) is 19.5. The molecule has 1 aliphatic heterocycles. The van der Waals surface area contributed by atoms with Crippen LogP contribution in [-0.2, 0) is 9.53 Å². The van der Waals surface area contributed by atoms with Crippen molar-refractivity contribution in [2.24, 2.45) is 10.4 Å². The number of nitrogens with zero attached hydrogens (tertiary/aromatic N) is 2. The first-order valence-corrected chi connectivity index (χ1v) is 8.21. The number of methoxy groups -OCH3 is 1. The molecule has 0 aromatic carbocycles. The van der Waals surface area contributed by atoms with E-state index in [-0.39, 0.29) is 29.9 Å². The third-order valence-corrected chi connectivity index (χ3v) is 4.93. The number of rotatable bonds is 5. The normalized spacial score (nSPS) is 20.1. The van der Waals surface area contributed by atoms with Crippen molar-refractivity contribution in [3.05, 3.63) is 0 Å². The number of esters is 1. The Morgan fingerprint density at radius 2 is 2.00 bits per heavy atom. The van der Waals surface area contributed by atoms with E-state index in [4.69, 9.17) is 0 Å². The van der Waals surface area contributed by atoms with Crippen molar-refractivity contribution in [1.29, 1.82) is 0 Å². The Bertz CT molecular complexity index is 382. The SMILES string of the molecule is CN=C(NCCCCC(=O)OC)N1CCC2(CCCC2)C1.I. The van der Waals surface area contributed by atoms with Crippen LogP contribution >= 0.6 is 24.0 Å². The standard InChI is InChI=1S/C16H29N3O2.HI/c1-17-15(18-11-6-3-7-14(20)21-2)19-12-10-16(13-19)8-4-5-9-16;/h3-13H2,1-2H3,(H,17,18);1H. The van der Waals surface area contributed by atoms with Gasteiger partial charge in [-0.25, -0.2) is 0 Å². The number of halogens is 1. The summed E-state index contributed by atoms with van der Waals surface area (Å²) in [6.45, 7) is 3.16. The Kier molecular flexibility index (Phi) is 8.49. The molecule has 0 unspecified atom stereocenters. The van der Waals surface area contributed by atoms with E-state index in [1.807, 2.05) is 7.05 Å². The summed E-state index contributed by atoms with van der Waals surface area (Å²) in [6.07, 6.45) is 9.22. The Labute approximate surface area is 151 Å². The highest BCUT2D eigenvalue weighted by molar-refractivity contribution is 14.0. The van der Waals surface area contributed by atoms with Crippen LogP contribution in [0.25, 0.3) is 0 Å². The number of aliphatic imine (C=N–C) groups is 1. The second kappa shape index (κ2) is 9.57. The molecule has 2 fully saturated rings. The van der Waals surface area contributed by atoms with Gasteiger partial charge in [0.15, 0.2) is 5.96 Å². The summed E-state index contributed by atoms with van der Waals surface area (Å²) >= 11 is 0. The molecule has 2 aliphatic rings.